The van der Waals surface area contributed by atoms with Gasteiger partial charge in [0.2, 0.25) is 0 Å². The number of hydrogen-bond acceptors (Lipinski definition) is 4. The van der Waals surface area contributed by atoms with Crippen molar-refractivity contribution in [3.63, 3.8) is 0 Å². The molecule has 1 aromatic heterocycles. The largest absolute Gasteiger partial charge is 0.365 e. The third-order valence-corrected chi connectivity index (χ3v) is 3.74. The molecule has 20 heavy (non-hydrogen) atoms. The highest BCUT2D eigenvalue weighted by atomic mass is 16.5. The van der Waals surface area contributed by atoms with Crippen molar-refractivity contribution < 1.29 is 4.52 Å². The molecule has 2 rings (SSSR count). The molecule has 116 valence electrons. The van der Waals surface area contributed by atoms with Crippen LogP contribution in [-0.4, -0.2) is 54.7 Å². The van der Waals surface area contributed by atoms with E-state index < -0.39 is 0 Å². The monoisotopic (exact) mass is 281 g/mol. The van der Waals surface area contributed by atoms with E-state index in [2.05, 4.69) is 22.0 Å². The highest BCUT2D eigenvalue weighted by Gasteiger charge is 2.12. The van der Waals surface area contributed by atoms with Gasteiger partial charge in [-0.25, -0.2) is 0 Å². The maximum absolute atomic E-state index is 4.82. The molecule has 0 saturated carbocycles. The van der Waals surface area contributed by atoms with Gasteiger partial charge in [-0.1, -0.05) is 31.8 Å². The molecule has 4 heteroatoms. The van der Waals surface area contributed by atoms with Gasteiger partial charge in [-0.3, -0.25) is 0 Å². The van der Waals surface area contributed by atoms with Crippen molar-refractivity contribution in [1.29, 1.82) is 0 Å². The molecule has 2 heterocycles. The van der Waals surface area contributed by atoms with E-state index >= 15 is 0 Å². The Balaban J connectivity index is 0.000000956. The van der Waals surface area contributed by atoms with Gasteiger partial charge in [0.1, 0.15) is 6.26 Å². The Kier molecular flexibility index (Phi) is 9.33. The lowest BCUT2D eigenvalue weighted by Crippen LogP contribution is -2.44. The van der Waals surface area contributed by atoms with Crippen LogP contribution in [0.3, 0.4) is 0 Å². The molecular weight excluding hydrogens is 250 g/mol. The summed E-state index contributed by atoms with van der Waals surface area (Å²) in [4.78, 5) is 5.01. The van der Waals surface area contributed by atoms with E-state index in [4.69, 9.17) is 4.52 Å². The van der Waals surface area contributed by atoms with Gasteiger partial charge in [0, 0.05) is 32.2 Å². The minimum absolute atomic E-state index is 1.06. The van der Waals surface area contributed by atoms with Crippen molar-refractivity contribution >= 4 is 0 Å². The second kappa shape index (κ2) is 10.9. The first kappa shape index (κ1) is 17.2. The Hall–Kier alpha value is -0.870. The Morgan fingerprint density at radius 2 is 1.75 bits per heavy atom. The summed E-state index contributed by atoms with van der Waals surface area (Å²) in [5.41, 5.74) is 1.09. The Bertz CT molecular complexity index is 306. The fourth-order valence-electron chi connectivity index (χ4n) is 2.43. The Labute approximate surface area is 124 Å². The number of likely N-dealkylation sites (N-methyl/N-ethyl adjacent to an activating group) is 1. The average molecular weight is 281 g/mol. The van der Waals surface area contributed by atoms with Crippen molar-refractivity contribution in [2.45, 2.75) is 46.0 Å². The summed E-state index contributed by atoms with van der Waals surface area (Å²) in [6.07, 6.45) is 7.93. The molecular formula is C16H31N3O. The fourth-order valence-corrected chi connectivity index (χ4v) is 2.43. The van der Waals surface area contributed by atoms with E-state index in [-0.39, 0.29) is 0 Å². The third-order valence-electron chi connectivity index (χ3n) is 3.74. The van der Waals surface area contributed by atoms with Crippen LogP contribution in [0.4, 0.5) is 0 Å². The van der Waals surface area contributed by atoms with E-state index in [0.29, 0.717) is 0 Å². The van der Waals surface area contributed by atoms with Gasteiger partial charge >= 0.3 is 0 Å². The molecule has 0 radical (unpaired) electrons. The first-order valence-electron chi connectivity index (χ1n) is 8.15. The van der Waals surface area contributed by atoms with Crippen LogP contribution in [0.15, 0.2) is 16.9 Å². The summed E-state index contributed by atoms with van der Waals surface area (Å²) in [5.74, 6) is 0. The van der Waals surface area contributed by atoms with Crippen molar-refractivity contribution in [2.75, 3.05) is 39.8 Å². The van der Waals surface area contributed by atoms with Crippen molar-refractivity contribution in [3.05, 3.63) is 18.0 Å². The molecule has 1 aromatic rings. The number of unbranched alkanes of at least 4 members (excludes halogenated alkanes) is 3. The van der Waals surface area contributed by atoms with E-state index in [1.54, 1.807) is 6.26 Å². The molecule has 0 unspecified atom stereocenters. The lowest BCUT2D eigenvalue weighted by Gasteiger charge is -2.32. The van der Waals surface area contributed by atoms with E-state index in [9.17, 15) is 0 Å². The molecule has 0 bridgehead atoms. The molecule has 1 aliphatic heterocycles. The van der Waals surface area contributed by atoms with Crippen LogP contribution in [-0.2, 0) is 6.42 Å². The van der Waals surface area contributed by atoms with Crippen LogP contribution >= 0.6 is 0 Å². The summed E-state index contributed by atoms with van der Waals surface area (Å²) < 4.78 is 4.82. The van der Waals surface area contributed by atoms with Crippen molar-refractivity contribution in [3.8, 4) is 0 Å². The van der Waals surface area contributed by atoms with Crippen LogP contribution in [0.25, 0.3) is 0 Å². The standard InChI is InChI=1S/C14H25N3O.C2H6/c1-16-9-11-17(12-10-16)8-5-3-2-4-6-14-7-13-18-15-14;1-2/h7,13H,2-6,8-12H2,1H3;1-2H3. The highest BCUT2D eigenvalue weighted by molar-refractivity contribution is 4.94. The van der Waals surface area contributed by atoms with Gasteiger partial charge in [-0.05, 0) is 32.9 Å². The molecule has 0 aliphatic carbocycles. The SMILES string of the molecule is CC.CN1CCN(CCCCCCc2ccon2)CC1. The minimum Gasteiger partial charge on any atom is -0.365 e. The fraction of sp³-hybridized carbons (Fsp3) is 0.812. The number of aryl methyl sites for hydroxylation is 1. The van der Waals surface area contributed by atoms with Crippen molar-refractivity contribution in [2.24, 2.45) is 0 Å². The minimum atomic E-state index is 1.06. The second-order valence-corrected chi connectivity index (χ2v) is 5.30. The molecule has 0 amide bonds. The number of rotatable bonds is 7. The number of aromatic nitrogens is 1. The molecule has 1 aliphatic rings. The molecule has 4 nitrogen and oxygen atoms in total. The average Bonchev–Trinajstić information content (AvgIpc) is 3.00. The molecule has 0 N–H and O–H groups in total. The van der Waals surface area contributed by atoms with Gasteiger partial charge in [0.15, 0.2) is 0 Å². The number of nitrogens with zero attached hydrogens (tertiary/aromatic N) is 3. The van der Waals surface area contributed by atoms with Gasteiger partial charge in [0.05, 0.1) is 5.69 Å². The summed E-state index contributed by atoms with van der Waals surface area (Å²) in [7, 11) is 2.21. The first-order chi connectivity index (χ1) is 9.84. The van der Waals surface area contributed by atoms with E-state index in [1.807, 2.05) is 19.9 Å². The topological polar surface area (TPSA) is 32.5 Å². The van der Waals surface area contributed by atoms with E-state index in [1.165, 1.54) is 58.4 Å². The molecule has 0 atom stereocenters. The lowest BCUT2D eigenvalue weighted by atomic mass is 10.1. The molecule has 0 spiro atoms. The van der Waals surface area contributed by atoms with E-state index in [0.717, 1.165) is 12.1 Å². The third kappa shape index (κ3) is 7.06. The van der Waals surface area contributed by atoms with Gasteiger partial charge in [-0.2, -0.15) is 0 Å². The summed E-state index contributed by atoms with van der Waals surface area (Å²) in [6.45, 7) is 10.2. The molecule has 1 fully saturated rings. The van der Waals surface area contributed by atoms with Crippen LogP contribution in [0.2, 0.25) is 0 Å². The summed E-state index contributed by atoms with van der Waals surface area (Å²) in [5, 5.41) is 3.93. The highest BCUT2D eigenvalue weighted by Crippen LogP contribution is 2.07. The molecule has 0 aromatic carbocycles. The maximum atomic E-state index is 4.82. The lowest BCUT2D eigenvalue weighted by molar-refractivity contribution is 0.152. The van der Waals surface area contributed by atoms with Crippen LogP contribution < -0.4 is 0 Å². The quantitative estimate of drug-likeness (QED) is 0.719. The molecule has 1 saturated heterocycles. The Morgan fingerprint density at radius 1 is 1.05 bits per heavy atom. The predicted molar refractivity (Wildman–Crippen MR) is 84.0 cm³/mol. The van der Waals surface area contributed by atoms with Crippen LogP contribution in [0.1, 0.15) is 45.2 Å². The normalized spacial score (nSPS) is 16.8. The van der Waals surface area contributed by atoms with Gasteiger partial charge in [0.25, 0.3) is 0 Å². The number of hydrogen-bond donors (Lipinski definition) is 0. The van der Waals surface area contributed by atoms with Crippen molar-refractivity contribution in [1.82, 2.24) is 15.0 Å². The number of piperazine rings is 1. The van der Waals surface area contributed by atoms with Crippen LogP contribution in [0.5, 0.6) is 0 Å². The second-order valence-electron chi connectivity index (χ2n) is 5.30. The maximum Gasteiger partial charge on any atom is 0.124 e. The zero-order chi connectivity index (χ0) is 14.6. The van der Waals surface area contributed by atoms with Gasteiger partial charge in [-0.15, -0.1) is 0 Å². The van der Waals surface area contributed by atoms with Gasteiger partial charge < -0.3 is 14.3 Å². The first-order valence-corrected chi connectivity index (χ1v) is 8.15. The summed E-state index contributed by atoms with van der Waals surface area (Å²) in [6, 6.07) is 1.96. The van der Waals surface area contributed by atoms with Crippen LogP contribution in [0, 0.1) is 0 Å². The predicted octanol–water partition coefficient (Wildman–Crippen LogP) is 3.05. The zero-order valence-electron chi connectivity index (χ0n) is 13.5. The zero-order valence-corrected chi connectivity index (χ0v) is 13.5. The smallest absolute Gasteiger partial charge is 0.124 e. The Morgan fingerprint density at radius 3 is 2.40 bits per heavy atom. The summed E-state index contributed by atoms with van der Waals surface area (Å²) >= 11 is 0.